The Balaban J connectivity index is 2.11. The standard InChI is InChI=1S/C18H14ClN/c1-13-6-2-5-9-18(13)20-12-16-15-8-4-3-7-14(15)10-11-17(16)19/h2-12H,1H3. The molecule has 0 aromatic heterocycles. The Bertz CT molecular complexity index is 790. The van der Waals surface area contributed by atoms with E-state index in [4.69, 9.17) is 11.6 Å². The van der Waals surface area contributed by atoms with E-state index in [0.29, 0.717) is 0 Å². The number of aliphatic imine (C=N–C) groups is 1. The average Bonchev–Trinajstić information content (AvgIpc) is 2.48. The van der Waals surface area contributed by atoms with Gasteiger partial charge in [0.1, 0.15) is 0 Å². The van der Waals surface area contributed by atoms with Crippen LogP contribution in [-0.4, -0.2) is 6.21 Å². The van der Waals surface area contributed by atoms with Gasteiger partial charge in [-0.25, -0.2) is 0 Å². The lowest BCUT2D eigenvalue weighted by Gasteiger charge is -2.05. The van der Waals surface area contributed by atoms with Crippen molar-refractivity contribution in [2.24, 2.45) is 4.99 Å². The van der Waals surface area contributed by atoms with E-state index in [1.807, 2.05) is 48.7 Å². The molecule has 0 saturated heterocycles. The molecule has 0 atom stereocenters. The minimum absolute atomic E-state index is 0.723. The molecule has 0 radical (unpaired) electrons. The summed E-state index contributed by atoms with van der Waals surface area (Å²) < 4.78 is 0. The maximum atomic E-state index is 6.32. The Morgan fingerprint density at radius 1 is 0.900 bits per heavy atom. The summed E-state index contributed by atoms with van der Waals surface area (Å²) in [6.07, 6.45) is 1.85. The molecular weight excluding hydrogens is 266 g/mol. The number of rotatable bonds is 2. The van der Waals surface area contributed by atoms with Crippen LogP contribution in [0, 0.1) is 6.92 Å². The molecule has 0 heterocycles. The quantitative estimate of drug-likeness (QED) is 0.545. The second-order valence-corrected chi connectivity index (χ2v) is 5.13. The van der Waals surface area contributed by atoms with Gasteiger partial charge >= 0.3 is 0 Å². The van der Waals surface area contributed by atoms with Crippen molar-refractivity contribution in [1.82, 2.24) is 0 Å². The number of hydrogen-bond acceptors (Lipinski definition) is 1. The van der Waals surface area contributed by atoms with Gasteiger partial charge < -0.3 is 0 Å². The topological polar surface area (TPSA) is 12.4 Å². The summed E-state index contributed by atoms with van der Waals surface area (Å²) in [6.45, 7) is 2.05. The van der Waals surface area contributed by atoms with E-state index in [-0.39, 0.29) is 0 Å². The molecule has 2 heteroatoms. The zero-order valence-electron chi connectivity index (χ0n) is 11.2. The van der Waals surface area contributed by atoms with E-state index in [1.165, 1.54) is 5.39 Å². The third kappa shape index (κ3) is 2.45. The van der Waals surface area contributed by atoms with Crippen LogP contribution in [0.1, 0.15) is 11.1 Å². The molecule has 0 aliphatic rings. The van der Waals surface area contributed by atoms with Crippen molar-refractivity contribution in [1.29, 1.82) is 0 Å². The van der Waals surface area contributed by atoms with Gasteiger partial charge in [-0.05, 0) is 35.4 Å². The van der Waals surface area contributed by atoms with Gasteiger partial charge in [0.25, 0.3) is 0 Å². The zero-order chi connectivity index (χ0) is 13.9. The molecule has 0 N–H and O–H groups in total. The summed E-state index contributed by atoms with van der Waals surface area (Å²) in [5.74, 6) is 0. The van der Waals surface area contributed by atoms with Crippen molar-refractivity contribution in [2.45, 2.75) is 6.92 Å². The maximum Gasteiger partial charge on any atom is 0.0659 e. The van der Waals surface area contributed by atoms with Crippen LogP contribution < -0.4 is 0 Å². The summed E-state index contributed by atoms with van der Waals surface area (Å²) >= 11 is 6.32. The number of aryl methyl sites for hydroxylation is 1. The third-order valence-electron chi connectivity index (χ3n) is 3.37. The normalized spacial score (nSPS) is 11.3. The molecule has 20 heavy (non-hydrogen) atoms. The molecular formula is C18H14ClN. The van der Waals surface area contributed by atoms with Crippen molar-refractivity contribution in [2.75, 3.05) is 0 Å². The van der Waals surface area contributed by atoms with E-state index in [9.17, 15) is 0 Å². The second kappa shape index (κ2) is 5.48. The fourth-order valence-corrected chi connectivity index (χ4v) is 2.46. The first kappa shape index (κ1) is 12.9. The fourth-order valence-electron chi connectivity index (χ4n) is 2.24. The summed E-state index contributed by atoms with van der Waals surface area (Å²) in [7, 11) is 0. The molecule has 98 valence electrons. The Kier molecular flexibility index (Phi) is 3.53. The molecule has 0 bridgehead atoms. The molecule has 0 aliphatic carbocycles. The predicted molar refractivity (Wildman–Crippen MR) is 87.4 cm³/mol. The van der Waals surface area contributed by atoms with E-state index in [1.54, 1.807) is 0 Å². The van der Waals surface area contributed by atoms with Crippen LogP contribution in [0.4, 0.5) is 5.69 Å². The smallest absolute Gasteiger partial charge is 0.0659 e. The van der Waals surface area contributed by atoms with Crippen molar-refractivity contribution < 1.29 is 0 Å². The van der Waals surface area contributed by atoms with Crippen molar-refractivity contribution >= 4 is 34.3 Å². The van der Waals surface area contributed by atoms with Gasteiger partial charge in [0.05, 0.1) is 5.69 Å². The first-order chi connectivity index (χ1) is 9.75. The highest BCUT2D eigenvalue weighted by molar-refractivity contribution is 6.34. The minimum Gasteiger partial charge on any atom is -0.256 e. The second-order valence-electron chi connectivity index (χ2n) is 4.73. The highest BCUT2D eigenvalue weighted by atomic mass is 35.5. The summed E-state index contributed by atoms with van der Waals surface area (Å²) in [5.41, 5.74) is 3.09. The first-order valence-corrected chi connectivity index (χ1v) is 6.90. The summed E-state index contributed by atoms with van der Waals surface area (Å²) in [5, 5.41) is 3.02. The SMILES string of the molecule is Cc1ccccc1N=Cc1c(Cl)ccc2ccccc12. The van der Waals surface area contributed by atoms with Crippen LogP contribution in [0.2, 0.25) is 5.02 Å². The Labute approximate surface area is 123 Å². The molecule has 0 spiro atoms. The first-order valence-electron chi connectivity index (χ1n) is 6.52. The summed E-state index contributed by atoms with van der Waals surface area (Å²) in [4.78, 5) is 4.58. The number of nitrogens with zero attached hydrogens (tertiary/aromatic N) is 1. The van der Waals surface area contributed by atoms with Gasteiger partial charge in [0.2, 0.25) is 0 Å². The Morgan fingerprint density at radius 3 is 2.50 bits per heavy atom. The van der Waals surface area contributed by atoms with Crippen molar-refractivity contribution in [3.05, 3.63) is 76.8 Å². The fraction of sp³-hybridized carbons (Fsp3) is 0.0556. The van der Waals surface area contributed by atoms with Crippen LogP contribution >= 0.6 is 11.6 Å². The van der Waals surface area contributed by atoms with Crippen LogP contribution in [-0.2, 0) is 0 Å². The van der Waals surface area contributed by atoms with Gasteiger partial charge in [-0.15, -0.1) is 0 Å². The van der Waals surface area contributed by atoms with Gasteiger partial charge in [-0.3, -0.25) is 4.99 Å². The molecule has 1 nitrogen and oxygen atoms in total. The van der Waals surface area contributed by atoms with E-state index < -0.39 is 0 Å². The lowest BCUT2D eigenvalue weighted by atomic mass is 10.1. The monoisotopic (exact) mass is 279 g/mol. The van der Waals surface area contributed by atoms with Crippen LogP contribution in [0.3, 0.4) is 0 Å². The number of benzene rings is 3. The van der Waals surface area contributed by atoms with Gasteiger partial charge in [-0.2, -0.15) is 0 Å². The third-order valence-corrected chi connectivity index (χ3v) is 3.70. The predicted octanol–water partition coefficient (Wildman–Crippen LogP) is 5.55. The maximum absolute atomic E-state index is 6.32. The number of hydrogen-bond donors (Lipinski definition) is 0. The molecule has 0 unspecified atom stereocenters. The lowest BCUT2D eigenvalue weighted by Crippen LogP contribution is -1.86. The van der Waals surface area contributed by atoms with Crippen molar-refractivity contribution in [3.8, 4) is 0 Å². The Morgan fingerprint density at radius 2 is 1.65 bits per heavy atom. The molecule has 3 aromatic rings. The van der Waals surface area contributed by atoms with E-state index in [0.717, 1.165) is 27.2 Å². The number of para-hydroxylation sites is 1. The molecule has 0 amide bonds. The van der Waals surface area contributed by atoms with Gasteiger partial charge in [0, 0.05) is 16.8 Å². The molecule has 0 saturated carbocycles. The lowest BCUT2D eigenvalue weighted by molar-refractivity contribution is 1.40. The summed E-state index contributed by atoms with van der Waals surface area (Å²) in [6, 6.07) is 20.2. The van der Waals surface area contributed by atoms with E-state index in [2.05, 4.69) is 30.1 Å². The molecule has 0 fully saturated rings. The van der Waals surface area contributed by atoms with E-state index >= 15 is 0 Å². The molecule has 0 aliphatic heterocycles. The molecule has 3 aromatic carbocycles. The zero-order valence-corrected chi connectivity index (χ0v) is 11.9. The molecule has 3 rings (SSSR count). The van der Waals surface area contributed by atoms with Gasteiger partial charge in [0.15, 0.2) is 0 Å². The van der Waals surface area contributed by atoms with Gasteiger partial charge in [-0.1, -0.05) is 60.1 Å². The Hall–Kier alpha value is -2.12. The van der Waals surface area contributed by atoms with Crippen LogP contribution in [0.15, 0.2) is 65.7 Å². The highest BCUT2D eigenvalue weighted by Gasteiger charge is 2.03. The van der Waals surface area contributed by atoms with Crippen LogP contribution in [0.25, 0.3) is 10.8 Å². The average molecular weight is 280 g/mol. The minimum atomic E-state index is 0.723. The van der Waals surface area contributed by atoms with Crippen molar-refractivity contribution in [3.63, 3.8) is 0 Å². The number of halogens is 1. The number of fused-ring (bicyclic) bond motifs is 1. The highest BCUT2D eigenvalue weighted by Crippen LogP contribution is 2.26. The largest absolute Gasteiger partial charge is 0.256 e. The van der Waals surface area contributed by atoms with Crippen LogP contribution in [0.5, 0.6) is 0 Å².